The Balaban J connectivity index is 1.96. The highest BCUT2D eigenvalue weighted by Crippen LogP contribution is 2.44. The number of hydrogen-bond acceptors (Lipinski definition) is 2. The van der Waals surface area contributed by atoms with Gasteiger partial charge < -0.3 is 5.32 Å². The van der Waals surface area contributed by atoms with E-state index in [0.29, 0.717) is 12.0 Å². The van der Waals surface area contributed by atoms with Gasteiger partial charge in [-0.2, -0.15) is 0 Å². The van der Waals surface area contributed by atoms with Crippen LogP contribution < -0.4 is 5.32 Å². The number of benzene rings is 3. The molecule has 1 fully saturated rings. The van der Waals surface area contributed by atoms with E-state index in [1.54, 1.807) is 0 Å². The van der Waals surface area contributed by atoms with Crippen molar-refractivity contribution in [3.63, 3.8) is 0 Å². The second-order valence-corrected chi connectivity index (χ2v) is 7.92. The van der Waals surface area contributed by atoms with E-state index in [0.717, 1.165) is 13.1 Å². The Morgan fingerprint density at radius 1 is 0.750 bits per heavy atom. The van der Waals surface area contributed by atoms with E-state index >= 15 is 0 Å². The molecule has 1 aliphatic heterocycles. The molecule has 3 aromatic rings. The summed E-state index contributed by atoms with van der Waals surface area (Å²) in [5.74, 6) is 0.682. The number of nitrogens with one attached hydrogen (secondary N) is 1. The van der Waals surface area contributed by atoms with Crippen LogP contribution in [-0.2, 0) is 5.54 Å². The summed E-state index contributed by atoms with van der Waals surface area (Å²) in [6.45, 7) is 4.47. The number of piperidine rings is 1. The van der Waals surface area contributed by atoms with Crippen LogP contribution in [0.4, 0.5) is 0 Å². The van der Waals surface area contributed by atoms with E-state index in [2.05, 4.69) is 115 Å². The third-order valence-electron chi connectivity index (χ3n) is 6.38. The van der Waals surface area contributed by atoms with Crippen LogP contribution in [0.3, 0.4) is 0 Å². The van der Waals surface area contributed by atoms with Crippen molar-refractivity contribution in [2.45, 2.75) is 24.9 Å². The van der Waals surface area contributed by atoms with Gasteiger partial charge in [0.2, 0.25) is 0 Å². The zero-order valence-corrected chi connectivity index (χ0v) is 16.9. The normalized spacial score (nSPS) is 20.8. The van der Waals surface area contributed by atoms with Crippen LogP contribution >= 0.6 is 0 Å². The molecule has 0 aliphatic carbocycles. The van der Waals surface area contributed by atoms with E-state index in [4.69, 9.17) is 0 Å². The molecule has 0 amide bonds. The maximum absolute atomic E-state index is 3.57. The molecular weight excluding hydrogens is 340 g/mol. The lowest BCUT2D eigenvalue weighted by Crippen LogP contribution is -2.57. The molecule has 1 heterocycles. The lowest BCUT2D eigenvalue weighted by Gasteiger charge is -2.50. The predicted octanol–water partition coefficient (Wildman–Crippen LogP) is 4.91. The Morgan fingerprint density at radius 3 is 1.57 bits per heavy atom. The molecule has 1 N–H and O–H groups in total. The maximum atomic E-state index is 3.57. The van der Waals surface area contributed by atoms with Crippen LogP contribution in [0.25, 0.3) is 0 Å². The minimum absolute atomic E-state index is 0.293. The summed E-state index contributed by atoms with van der Waals surface area (Å²) < 4.78 is 0. The van der Waals surface area contributed by atoms with E-state index in [1.807, 2.05) is 0 Å². The van der Waals surface area contributed by atoms with Gasteiger partial charge in [0.25, 0.3) is 0 Å². The van der Waals surface area contributed by atoms with Gasteiger partial charge in [0, 0.05) is 19.1 Å². The van der Waals surface area contributed by atoms with Gasteiger partial charge in [-0.3, -0.25) is 4.90 Å². The van der Waals surface area contributed by atoms with Gasteiger partial charge in [-0.1, -0.05) is 97.9 Å². The number of hydrogen-bond donors (Lipinski definition) is 1. The fourth-order valence-electron chi connectivity index (χ4n) is 4.84. The quantitative estimate of drug-likeness (QED) is 0.642. The third kappa shape index (κ3) is 3.28. The van der Waals surface area contributed by atoms with Crippen molar-refractivity contribution in [3.05, 3.63) is 108 Å². The number of rotatable bonds is 5. The SMILES string of the molecule is CN[C@@H]1CN(C(c2ccccc2)(c2ccccc2)c2ccccc2)CC[C@@H]1C. The minimum Gasteiger partial charge on any atom is -0.315 e. The first-order valence-corrected chi connectivity index (χ1v) is 10.4. The molecule has 2 nitrogen and oxygen atoms in total. The Kier molecular flexibility index (Phi) is 5.61. The Labute approximate surface area is 169 Å². The second-order valence-electron chi connectivity index (χ2n) is 7.92. The summed E-state index contributed by atoms with van der Waals surface area (Å²) in [5, 5.41) is 3.57. The fraction of sp³-hybridized carbons (Fsp3) is 0.308. The third-order valence-corrected chi connectivity index (χ3v) is 6.38. The molecule has 4 rings (SSSR count). The lowest BCUT2D eigenvalue weighted by atomic mass is 9.74. The summed E-state index contributed by atoms with van der Waals surface area (Å²) in [6.07, 6.45) is 1.19. The van der Waals surface area contributed by atoms with Crippen molar-refractivity contribution in [2.75, 3.05) is 20.1 Å². The van der Waals surface area contributed by atoms with Gasteiger partial charge in [0.15, 0.2) is 0 Å². The molecule has 144 valence electrons. The summed E-state index contributed by atoms with van der Waals surface area (Å²) >= 11 is 0. The van der Waals surface area contributed by atoms with Crippen LogP contribution in [0, 0.1) is 5.92 Å². The average Bonchev–Trinajstić information content (AvgIpc) is 2.77. The summed E-state index contributed by atoms with van der Waals surface area (Å²) in [5.41, 5.74) is 3.70. The zero-order valence-electron chi connectivity index (χ0n) is 16.9. The van der Waals surface area contributed by atoms with Crippen molar-refractivity contribution in [1.29, 1.82) is 0 Å². The predicted molar refractivity (Wildman–Crippen MR) is 117 cm³/mol. The highest BCUT2D eigenvalue weighted by atomic mass is 15.2. The molecule has 0 aromatic heterocycles. The molecule has 0 unspecified atom stereocenters. The molecule has 0 saturated carbocycles. The molecule has 1 saturated heterocycles. The Bertz CT molecular complexity index is 764. The van der Waals surface area contributed by atoms with Gasteiger partial charge in [-0.15, -0.1) is 0 Å². The lowest BCUT2D eigenvalue weighted by molar-refractivity contribution is 0.0818. The number of likely N-dealkylation sites (N-methyl/N-ethyl adjacent to an activating group) is 1. The van der Waals surface area contributed by atoms with Gasteiger partial charge >= 0.3 is 0 Å². The number of nitrogens with zero attached hydrogens (tertiary/aromatic N) is 1. The largest absolute Gasteiger partial charge is 0.315 e. The molecule has 0 spiro atoms. The van der Waals surface area contributed by atoms with E-state index in [-0.39, 0.29) is 5.54 Å². The monoisotopic (exact) mass is 370 g/mol. The summed E-state index contributed by atoms with van der Waals surface area (Å²) in [7, 11) is 2.10. The molecule has 0 bridgehead atoms. The van der Waals surface area contributed by atoms with Crippen LogP contribution in [0.1, 0.15) is 30.0 Å². The van der Waals surface area contributed by atoms with Crippen molar-refractivity contribution in [3.8, 4) is 0 Å². The van der Waals surface area contributed by atoms with Crippen LogP contribution in [0.2, 0.25) is 0 Å². The van der Waals surface area contributed by atoms with Gasteiger partial charge in [-0.25, -0.2) is 0 Å². The first kappa shape index (κ1) is 18.9. The molecule has 0 radical (unpaired) electrons. The minimum atomic E-state index is -0.293. The van der Waals surface area contributed by atoms with Crippen molar-refractivity contribution < 1.29 is 0 Å². The van der Waals surface area contributed by atoms with Crippen LogP contribution in [-0.4, -0.2) is 31.1 Å². The van der Waals surface area contributed by atoms with E-state index < -0.39 is 0 Å². The molecule has 1 aliphatic rings. The fourth-order valence-corrected chi connectivity index (χ4v) is 4.84. The Hall–Kier alpha value is -2.42. The smallest absolute Gasteiger partial charge is 0.0973 e. The molecular formula is C26H30N2. The van der Waals surface area contributed by atoms with Gasteiger partial charge in [0.05, 0.1) is 5.54 Å². The topological polar surface area (TPSA) is 15.3 Å². The number of likely N-dealkylation sites (tertiary alicyclic amines) is 1. The second kappa shape index (κ2) is 8.30. The highest BCUT2D eigenvalue weighted by Gasteiger charge is 2.44. The van der Waals surface area contributed by atoms with E-state index in [9.17, 15) is 0 Å². The molecule has 2 atom stereocenters. The maximum Gasteiger partial charge on any atom is 0.0973 e. The van der Waals surface area contributed by atoms with Crippen LogP contribution in [0.15, 0.2) is 91.0 Å². The Morgan fingerprint density at radius 2 is 1.18 bits per heavy atom. The van der Waals surface area contributed by atoms with Crippen molar-refractivity contribution in [2.24, 2.45) is 5.92 Å². The molecule has 28 heavy (non-hydrogen) atoms. The van der Waals surface area contributed by atoms with Crippen molar-refractivity contribution >= 4 is 0 Å². The van der Waals surface area contributed by atoms with Gasteiger partial charge in [-0.05, 0) is 36.1 Å². The molecule has 3 aromatic carbocycles. The standard InChI is InChI=1S/C26H30N2/c1-21-18-19-28(20-25(21)27-2)26(22-12-6-3-7-13-22,23-14-8-4-9-15-23)24-16-10-5-11-17-24/h3-17,21,25,27H,18-20H2,1-2H3/t21-,25+/m0/s1. The van der Waals surface area contributed by atoms with Gasteiger partial charge in [0.1, 0.15) is 0 Å². The average molecular weight is 371 g/mol. The highest BCUT2D eigenvalue weighted by molar-refractivity contribution is 5.49. The summed E-state index contributed by atoms with van der Waals surface area (Å²) in [6, 6.07) is 33.5. The molecule has 2 heteroatoms. The zero-order chi connectivity index (χ0) is 19.4. The van der Waals surface area contributed by atoms with Crippen molar-refractivity contribution in [1.82, 2.24) is 10.2 Å². The first-order chi connectivity index (χ1) is 13.8. The van der Waals surface area contributed by atoms with E-state index in [1.165, 1.54) is 23.1 Å². The summed E-state index contributed by atoms with van der Waals surface area (Å²) in [4.78, 5) is 2.69. The first-order valence-electron chi connectivity index (χ1n) is 10.4. The van der Waals surface area contributed by atoms with Crippen LogP contribution in [0.5, 0.6) is 0 Å².